The number of amides is 1. The first kappa shape index (κ1) is 28.2. The highest BCUT2D eigenvalue weighted by atomic mass is 16.5. The summed E-state index contributed by atoms with van der Waals surface area (Å²) >= 11 is 0. The van der Waals surface area contributed by atoms with Crippen LogP contribution in [-0.2, 0) is 56.8 Å². The lowest BCUT2D eigenvalue weighted by Crippen LogP contribution is -2.51. The maximum absolute atomic E-state index is 14.6. The fraction of sp³-hybridized carbons (Fsp3) is 0.188. The van der Waals surface area contributed by atoms with Crippen LogP contribution in [0.1, 0.15) is 23.6 Å². The lowest BCUT2D eigenvalue weighted by atomic mass is 9.67. The molecule has 214 valence electrons. The van der Waals surface area contributed by atoms with E-state index >= 15 is 0 Å². The van der Waals surface area contributed by atoms with Gasteiger partial charge in [0.15, 0.2) is 0 Å². The molecule has 1 amide bonds. The quantitative estimate of drug-likeness (QED) is 0.320. The molecule has 3 aromatic carbocycles. The Morgan fingerprint density at radius 2 is 1.38 bits per heavy atom. The van der Waals surface area contributed by atoms with E-state index in [4.69, 9.17) is 24.7 Å². The van der Waals surface area contributed by atoms with Crippen molar-refractivity contribution in [1.82, 2.24) is 0 Å². The summed E-state index contributed by atoms with van der Waals surface area (Å²) in [6, 6.07) is 24.6. The number of carbonyl (C=O) groups is 4. The highest BCUT2D eigenvalue weighted by Gasteiger charge is 2.64. The molecule has 2 N–H and O–H groups in total. The molecular weight excluding hydrogens is 540 g/mol. The molecule has 0 saturated heterocycles. The second-order valence-corrected chi connectivity index (χ2v) is 9.63. The number of fused-ring (bicyclic) bond motifs is 2. The van der Waals surface area contributed by atoms with Crippen LogP contribution in [0.25, 0.3) is 0 Å². The monoisotopic (exact) mass is 568 g/mol. The first-order valence-electron chi connectivity index (χ1n) is 13.1. The Bertz CT molecular complexity index is 1610. The number of anilines is 1. The molecule has 2 aliphatic rings. The Kier molecular flexibility index (Phi) is 7.79. The van der Waals surface area contributed by atoms with Crippen molar-refractivity contribution in [2.45, 2.75) is 25.6 Å². The number of hydrogen-bond donors (Lipinski definition) is 1. The van der Waals surface area contributed by atoms with Gasteiger partial charge in [0.1, 0.15) is 42.1 Å². The van der Waals surface area contributed by atoms with Crippen LogP contribution in [0.2, 0.25) is 0 Å². The fourth-order valence-corrected chi connectivity index (χ4v) is 5.29. The van der Waals surface area contributed by atoms with Gasteiger partial charge in [-0.05, 0) is 24.1 Å². The molecule has 3 aromatic rings. The summed E-state index contributed by atoms with van der Waals surface area (Å²) < 4.78 is 21.7. The van der Waals surface area contributed by atoms with Crippen LogP contribution in [0, 0.1) is 0 Å². The van der Waals surface area contributed by atoms with Gasteiger partial charge in [-0.25, -0.2) is 9.59 Å². The smallest absolute Gasteiger partial charge is 0.340 e. The first-order valence-corrected chi connectivity index (χ1v) is 13.1. The van der Waals surface area contributed by atoms with Gasteiger partial charge in [-0.2, -0.15) is 0 Å². The standard InChI is InChI=1S/C32H28N2O8/c1-20-26(30(37)41-19-22-13-7-4-8-14-22)32(27(28(33)42-20)29(36)39-2)23-15-9-10-16-24(23)34(31(32)38)17-25(35)40-18-21-11-5-3-6-12-21/h3-16H,17-19,33H2,1-2H3. The normalized spacial score (nSPS) is 17.6. The molecule has 0 aromatic heterocycles. The van der Waals surface area contributed by atoms with Crippen molar-refractivity contribution in [3.05, 3.63) is 124 Å². The summed E-state index contributed by atoms with van der Waals surface area (Å²) in [5, 5.41) is 0. The van der Waals surface area contributed by atoms with E-state index in [1.165, 1.54) is 11.8 Å². The molecule has 0 bridgehead atoms. The highest BCUT2D eigenvalue weighted by molar-refractivity contribution is 6.23. The van der Waals surface area contributed by atoms with Crippen molar-refractivity contribution in [2.24, 2.45) is 5.73 Å². The minimum atomic E-state index is -2.11. The van der Waals surface area contributed by atoms with E-state index in [2.05, 4.69) is 0 Å². The first-order chi connectivity index (χ1) is 20.3. The molecule has 0 saturated carbocycles. The van der Waals surface area contributed by atoms with Crippen LogP contribution in [0.3, 0.4) is 0 Å². The van der Waals surface area contributed by atoms with Gasteiger partial charge in [0.25, 0.3) is 0 Å². The number of carbonyl (C=O) groups excluding carboxylic acids is 4. The molecule has 2 heterocycles. The summed E-state index contributed by atoms with van der Waals surface area (Å²) in [7, 11) is 1.12. The predicted octanol–water partition coefficient (Wildman–Crippen LogP) is 3.41. The van der Waals surface area contributed by atoms with Gasteiger partial charge in [-0.1, -0.05) is 78.9 Å². The number of para-hydroxylation sites is 1. The number of ether oxygens (including phenoxy) is 4. The third-order valence-corrected chi connectivity index (χ3v) is 7.11. The van der Waals surface area contributed by atoms with Gasteiger partial charge in [-0.15, -0.1) is 0 Å². The third kappa shape index (κ3) is 4.87. The molecule has 42 heavy (non-hydrogen) atoms. The number of rotatable bonds is 8. The maximum Gasteiger partial charge on any atom is 0.340 e. The number of nitrogens with two attached hydrogens (primary N) is 1. The Balaban J connectivity index is 1.57. The van der Waals surface area contributed by atoms with E-state index in [1.54, 1.807) is 60.7 Å². The van der Waals surface area contributed by atoms with Crippen molar-refractivity contribution in [2.75, 3.05) is 18.6 Å². The van der Waals surface area contributed by atoms with Crippen molar-refractivity contribution in [1.29, 1.82) is 0 Å². The van der Waals surface area contributed by atoms with Crippen LogP contribution in [0.4, 0.5) is 5.69 Å². The summed E-state index contributed by atoms with van der Waals surface area (Å²) in [6.07, 6.45) is 0. The molecule has 10 nitrogen and oxygen atoms in total. The van der Waals surface area contributed by atoms with Crippen molar-refractivity contribution >= 4 is 29.5 Å². The lowest BCUT2D eigenvalue weighted by Gasteiger charge is -2.36. The zero-order valence-electron chi connectivity index (χ0n) is 23.0. The number of nitrogens with zero attached hydrogens (tertiary/aromatic N) is 1. The number of allylic oxidation sites excluding steroid dienone is 1. The van der Waals surface area contributed by atoms with E-state index in [1.807, 2.05) is 24.3 Å². The van der Waals surface area contributed by atoms with Crippen LogP contribution < -0.4 is 10.6 Å². The summed E-state index contributed by atoms with van der Waals surface area (Å²) in [5.74, 6) is -3.80. The topological polar surface area (TPSA) is 134 Å². The number of methoxy groups -OCH3 is 1. The van der Waals surface area contributed by atoms with E-state index in [9.17, 15) is 19.2 Å². The Morgan fingerprint density at radius 3 is 2.00 bits per heavy atom. The van der Waals surface area contributed by atoms with Gasteiger partial charge < -0.3 is 24.7 Å². The molecular formula is C32H28N2O8. The van der Waals surface area contributed by atoms with Crippen molar-refractivity contribution in [3.8, 4) is 0 Å². The number of benzene rings is 3. The van der Waals surface area contributed by atoms with Crippen LogP contribution >= 0.6 is 0 Å². The molecule has 1 atom stereocenters. The molecule has 0 radical (unpaired) electrons. The average molecular weight is 569 g/mol. The molecule has 2 aliphatic heterocycles. The fourth-order valence-electron chi connectivity index (χ4n) is 5.29. The van der Waals surface area contributed by atoms with E-state index < -0.39 is 41.7 Å². The zero-order chi connectivity index (χ0) is 29.9. The summed E-state index contributed by atoms with van der Waals surface area (Å²) in [4.78, 5) is 55.8. The van der Waals surface area contributed by atoms with E-state index in [0.717, 1.165) is 12.7 Å². The Morgan fingerprint density at radius 1 is 0.810 bits per heavy atom. The van der Waals surface area contributed by atoms with Crippen LogP contribution in [0.5, 0.6) is 0 Å². The minimum absolute atomic E-state index is 0.00132. The minimum Gasteiger partial charge on any atom is -0.465 e. The van der Waals surface area contributed by atoms with Crippen molar-refractivity contribution < 1.29 is 38.1 Å². The van der Waals surface area contributed by atoms with E-state index in [-0.39, 0.29) is 41.4 Å². The number of hydrogen-bond acceptors (Lipinski definition) is 9. The maximum atomic E-state index is 14.6. The average Bonchev–Trinajstić information content (AvgIpc) is 3.23. The van der Waals surface area contributed by atoms with Crippen LogP contribution in [0.15, 0.2) is 108 Å². The molecule has 10 heteroatoms. The molecule has 1 spiro atoms. The third-order valence-electron chi connectivity index (χ3n) is 7.11. The van der Waals surface area contributed by atoms with Gasteiger partial charge in [0, 0.05) is 11.3 Å². The Labute approximate surface area is 241 Å². The summed E-state index contributed by atoms with van der Waals surface area (Å²) in [5.41, 5.74) is 5.48. The second-order valence-electron chi connectivity index (χ2n) is 9.63. The molecule has 5 rings (SSSR count). The van der Waals surface area contributed by atoms with Gasteiger partial charge in [0.05, 0.1) is 7.11 Å². The molecule has 0 fully saturated rings. The number of esters is 3. The van der Waals surface area contributed by atoms with Crippen LogP contribution in [-0.4, -0.2) is 37.5 Å². The zero-order valence-corrected chi connectivity index (χ0v) is 23.0. The molecule has 0 aliphatic carbocycles. The highest BCUT2D eigenvalue weighted by Crippen LogP contribution is 2.54. The van der Waals surface area contributed by atoms with Gasteiger partial charge >= 0.3 is 17.9 Å². The van der Waals surface area contributed by atoms with Crippen molar-refractivity contribution in [3.63, 3.8) is 0 Å². The Hall–Kier alpha value is -5.38. The summed E-state index contributed by atoms with van der Waals surface area (Å²) in [6.45, 7) is 0.850. The van der Waals surface area contributed by atoms with E-state index in [0.29, 0.717) is 5.56 Å². The SMILES string of the molecule is COC(=O)C1=C(N)OC(C)=C(C(=O)OCc2ccccc2)C12C(=O)N(CC(=O)OCc1ccccc1)c1ccccc12. The van der Waals surface area contributed by atoms with Gasteiger partial charge in [0.2, 0.25) is 11.8 Å². The van der Waals surface area contributed by atoms with Gasteiger partial charge in [-0.3, -0.25) is 14.5 Å². The lowest BCUT2D eigenvalue weighted by molar-refractivity contribution is -0.144. The second kappa shape index (κ2) is 11.6. The largest absolute Gasteiger partial charge is 0.465 e. The molecule has 1 unspecified atom stereocenters. The predicted molar refractivity (Wildman–Crippen MR) is 150 cm³/mol.